The molecule has 21 heavy (non-hydrogen) atoms. The molecule has 0 aliphatic rings. The predicted molar refractivity (Wildman–Crippen MR) is 84.5 cm³/mol. The van der Waals surface area contributed by atoms with E-state index in [0.717, 1.165) is 16.0 Å². The third-order valence-corrected chi connectivity index (χ3v) is 4.29. The summed E-state index contributed by atoms with van der Waals surface area (Å²) in [5, 5.41) is 2.66. The molecule has 3 heterocycles. The monoisotopic (exact) mass is 293 g/mol. The molecule has 4 nitrogen and oxygen atoms in total. The molecule has 0 saturated heterocycles. The van der Waals surface area contributed by atoms with Crippen molar-refractivity contribution in [3.8, 4) is 11.1 Å². The van der Waals surface area contributed by atoms with Crippen molar-refractivity contribution in [2.75, 3.05) is 0 Å². The van der Waals surface area contributed by atoms with E-state index in [1.807, 2.05) is 60.2 Å². The van der Waals surface area contributed by atoms with Gasteiger partial charge < -0.3 is 0 Å². The Kier molecular flexibility index (Phi) is 2.72. The minimum atomic E-state index is -0.0590. The summed E-state index contributed by atoms with van der Waals surface area (Å²) in [6.07, 6.45) is 5.21. The molecule has 3 aromatic heterocycles. The van der Waals surface area contributed by atoms with Crippen molar-refractivity contribution in [2.45, 2.75) is 0 Å². The first-order chi connectivity index (χ1) is 10.3. The smallest absolute Gasteiger partial charge is 0.267 e. The van der Waals surface area contributed by atoms with Crippen LogP contribution in [0, 0.1) is 0 Å². The Morgan fingerprint density at radius 2 is 1.76 bits per heavy atom. The second-order valence-corrected chi connectivity index (χ2v) is 5.51. The molecule has 4 rings (SSSR count). The number of hydrogen-bond donors (Lipinski definition) is 0. The minimum absolute atomic E-state index is 0.0590. The Balaban J connectivity index is 2.03. The van der Waals surface area contributed by atoms with Crippen molar-refractivity contribution >= 4 is 21.6 Å². The van der Waals surface area contributed by atoms with Crippen LogP contribution in [0.3, 0.4) is 0 Å². The van der Waals surface area contributed by atoms with Crippen LogP contribution in [0.2, 0.25) is 0 Å². The van der Waals surface area contributed by atoms with Crippen molar-refractivity contribution in [3.63, 3.8) is 0 Å². The fraction of sp³-hybridized carbons (Fsp3) is 0. The first-order valence-electron chi connectivity index (χ1n) is 6.52. The summed E-state index contributed by atoms with van der Waals surface area (Å²) >= 11 is 1.50. The zero-order chi connectivity index (χ0) is 14.2. The SMILES string of the molecule is O=c1c2c(-c3ccccc3)csc2ncn1-n1cccc1. The number of fused-ring (bicyclic) bond motifs is 1. The highest BCUT2D eigenvalue weighted by Crippen LogP contribution is 2.30. The standard InChI is InChI=1S/C16H11N3OS/c20-16-14-13(12-6-2-1-3-7-12)10-21-15(14)17-11-19(16)18-8-4-5-9-18/h1-11H. The van der Waals surface area contributed by atoms with Crippen molar-refractivity contribution < 1.29 is 0 Å². The molecule has 0 aliphatic carbocycles. The molecular formula is C16H11N3OS. The summed E-state index contributed by atoms with van der Waals surface area (Å²) in [6, 6.07) is 13.7. The van der Waals surface area contributed by atoms with Gasteiger partial charge >= 0.3 is 0 Å². The molecule has 1 aromatic carbocycles. The van der Waals surface area contributed by atoms with Gasteiger partial charge in [0.05, 0.1) is 5.39 Å². The third kappa shape index (κ3) is 1.90. The van der Waals surface area contributed by atoms with E-state index in [0.29, 0.717) is 5.39 Å². The number of rotatable bonds is 2. The van der Waals surface area contributed by atoms with Gasteiger partial charge in [-0.25, -0.2) is 9.66 Å². The molecule has 0 radical (unpaired) electrons. The molecular weight excluding hydrogens is 282 g/mol. The van der Waals surface area contributed by atoms with Gasteiger partial charge in [-0.3, -0.25) is 9.47 Å². The van der Waals surface area contributed by atoms with Crippen LogP contribution in [0.1, 0.15) is 0 Å². The van der Waals surface area contributed by atoms with E-state index in [9.17, 15) is 4.79 Å². The number of thiophene rings is 1. The van der Waals surface area contributed by atoms with E-state index in [2.05, 4.69) is 4.98 Å². The third-order valence-electron chi connectivity index (χ3n) is 3.40. The van der Waals surface area contributed by atoms with Gasteiger partial charge in [0.2, 0.25) is 0 Å². The first-order valence-corrected chi connectivity index (χ1v) is 7.40. The molecule has 102 valence electrons. The van der Waals surface area contributed by atoms with E-state index < -0.39 is 0 Å². The molecule has 0 atom stereocenters. The van der Waals surface area contributed by atoms with Crippen molar-refractivity contribution in [3.05, 3.63) is 76.9 Å². The summed E-state index contributed by atoms with van der Waals surface area (Å²) in [5.74, 6) is 0. The second-order valence-electron chi connectivity index (χ2n) is 4.65. The van der Waals surface area contributed by atoms with E-state index in [1.165, 1.54) is 16.0 Å². The summed E-state index contributed by atoms with van der Waals surface area (Å²) in [4.78, 5) is 18.0. The second kappa shape index (κ2) is 4.71. The first kappa shape index (κ1) is 12.1. The Hall–Kier alpha value is -2.66. The molecule has 0 bridgehead atoms. The summed E-state index contributed by atoms with van der Waals surface area (Å²) in [5.41, 5.74) is 1.92. The summed E-state index contributed by atoms with van der Waals surface area (Å²) < 4.78 is 3.24. The maximum Gasteiger partial charge on any atom is 0.282 e. The van der Waals surface area contributed by atoms with Crippen LogP contribution in [0.25, 0.3) is 21.3 Å². The van der Waals surface area contributed by atoms with Gasteiger partial charge in [-0.05, 0) is 17.7 Å². The van der Waals surface area contributed by atoms with Gasteiger partial charge in [0.1, 0.15) is 11.2 Å². The van der Waals surface area contributed by atoms with Crippen molar-refractivity contribution in [1.29, 1.82) is 0 Å². The lowest BCUT2D eigenvalue weighted by Gasteiger charge is -2.06. The van der Waals surface area contributed by atoms with Crippen LogP contribution in [0.5, 0.6) is 0 Å². The normalized spacial score (nSPS) is 11.0. The van der Waals surface area contributed by atoms with Gasteiger partial charge in [-0.2, -0.15) is 0 Å². The lowest BCUT2D eigenvalue weighted by molar-refractivity contribution is 0.628. The van der Waals surface area contributed by atoms with Gasteiger partial charge in [-0.15, -0.1) is 11.3 Å². The molecule has 0 spiro atoms. The topological polar surface area (TPSA) is 39.8 Å². The zero-order valence-electron chi connectivity index (χ0n) is 11.0. The van der Waals surface area contributed by atoms with E-state index in [1.54, 1.807) is 11.0 Å². The van der Waals surface area contributed by atoms with Crippen molar-refractivity contribution in [1.82, 2.24) is 14.3 Å². The van der Waals surface area contributed by atoms with Crippen LogP contribution in [0.4, 0.5) is 0 Å². The van der Waals surface area contributed by atoms with Gasteiger partial charge in [-0.1, -0.05) is 30.3 Å². The van der Waals surface area contributed by atoms with E-state index in [-0.39, 0.29) is 5.56 Å². The van der Waals surface area contributed by atoms with E-state index in [4.69, 9.17) is 0 Å². The Labute approximate surface area is 124 Å². The lowest BCUT2D eigenvalue weighted by atomic mass is 10.1. The van der Waals surface area contributed by atoms with E-state index >= 15 is 0 Å². The van der Waals surface area contributed by atoms with Gasteiger partial charge in [0, 0.05) is 23.3 Å². The maximum atomic E-state index is 12.8. The molecule has 5 heteroatoms. The molecule has 0 unspecified atom stereocenters. The number of nitrogens with zero attached hydrogens (tertiary/aromatic N) is 3. The molecule has 0 aliphatic heterocycles. The Morgan fingerprint density at radius 3 is 2.52 bits per heavy atom. The summed E-state index contributed by atoms with van der Waals surface area (Å²) in [6.45, 7) is 0. The fourth-order valence-electron chi connectivity index (χ4n) is 2.39. The number of benzene rings is 1. The average molecular weight is 293 g/mol. The number of hydrogen-bond acceptors (Lipinski definition) is 3. The van der Waals surface area contributed by atoms with Crippen LogP contribution >= 0.6 is 11.3 Å². The lowest BCUT2D eigenvalue weighted by Crippen LogP contribution is -2.25. The van der Waals surface area contributed by atoms with Crippen LogP contribution in [-0.2, 0) is 0 Å². The van der Waals surface area contributed by atoms with Crippen molar-refractivity contribution in [2.24, 2.45) is 0 Å². The summed E-state index contributed by atoms with van der Waals surface area (Å²) in [7, 11) is 0. The minimum Gasteiger partial charge on any atom is -0.267 e. The quantitative estimate of drug-likeness (QED) is 0.569. The molecule has 0 N–H and O–H groups in total. The highest BCUT2D eigenvalue weighted by Gasteiger charge is 2.13. The molecule has 0 amide bonds. The maximum absolute atomic E-state index is 12.8. The van der Waals surface area contributed by atoms with Crippen LogP contribution in [-0.4, -0.2) is 14.3 Å². The predicted octanol–water partition coefficient (Wildman–Crippen LogP) is 3.24. The van der Waals surface area contributed by atoms with Crippen LogP contribution < -0.4 is 5.56 Å². The fourth-order valence-corrected chi connectivity index (χ4v) is 3.29. The highest BCUT2D eigenvalue weighted by atomic mass is 32.1. The molecule has 4 aromatic rings. The Morgan fingerprint density at radius 1 is 1.00 bits per heavy atom. The number of aromatic nitrogens is 3. The Bertz CT molecular complexity index is 952. The molecule has 0 saturated carbocycles. The zero-order valence-corrected chi connectivity index (χ0v) is 11.8. The van der Waals surface area contributed by atoms with Crippen LogP contribution in [0.15, 0.2) is 71.4 Å². The van der Waals surface area contributed by atoms with Gasteiger partial charge in [0.25, 0.3) is 5.56 Å². The molecule has 0 fully saturated rings. The highest BCUT2D eigenvalue weighted by molar-refractivity contribution is 7.17. The average Bonchev–Trinajstić information content (AvgIpc) is 3.18. The largest absolute Gasteiger partial charge is 0.282 e. The van der Waals surface area contributed by atoms with Gasteiger partial charge in [0.15, 0.2) is 0 Å².